The molecule has 0 spiro atoms. The van der Waals surface area contributed by atoms with Gasteiger partial charge in [-0.05, 0) is 32.5 Å². The Balaban J connectivity index is 2.02. The Morgan fingerprint density at radius 1 is 1.50 bits per heavy atom. The molecule has 2 atom stereocenters. The van der Waals surface area contributed by atoms with Gasteiger partial charge >= 0.3 is 5.97 Å². The minimum Gasteiger partial charge on any atom is -0.463 e. The molecule has 5 heteroatoms. The van der Waals surface area contributed by atoms with Crippen LogP contribution in [0.3, 0.4) is 0 Å². The molecule has 2 heterocycles. The maximum atomic E-state index is 11.4. The molecule has 1 saturated heterocycles. The Bertz CT molecular complexity index is 458. The summed E-state index contributed by atoms with van der Waals surface area (Å²) in [5.41, 5.74) is 0. The highest BCUT2D eigenvalue weighted by Crippen LogP contribution is 2.25. The van der Waals surface area contributed by atoms with Crippen molar-refractivity contribution in [3.8, 4) is 0 Å². The van der Waals surface area contributed by atoms with E-state index < -0.39 is 5.97 Å². The smallest absolute Gasteiger partial charge is 0.373 e. The van der Waals surface area contributed by atoms with Crippen LogP contribution in [-0.4, -0.2) is 55.1 Å². The number of rotatable bonds is 4. The van der Waals surface area contributed by atoms with Crippen molar-refractivity contribution in [2.24, 2.45) is 0 Å². The van der Waals surface area contributed by atoms with Gasteiger partial charge in [0.25, 0.3) is 0 Å². The predicted molar refractivity (Wildman–Crippen MR) is 76.7 cm³/mol. The molecule has 1 aliphatic heterocycles. The second-order valence-electron chi connectivity index (χ2n) is 5.34. The largest absolute Gasteiger partial charge is 0.463 e. The van der Waals surface area contributed by atoms with E-state index in [1.54, 1.807) is 6.07 Å². The Hall–Kier alpha value is -1.33. The molecule has 0 radical (unpaired) electrons. The van der Waals surface area contributed by atoms with Crippen molar-refractivity contribution >= 4 is 5.97 Å². The van der Waals surface area contributed by atoms with E-state index in [1.807, 2.05) is 6.07 Å². The Kier molecular flexibility index (Phi) is 4.83. The molecule has 1 aliphatic rings. The van der Waals surface area contributed by atoms with Crippen molar-refractivity contribution in [1.29, 1.82) is 0 Å². The first-order valence-electron chi connectivity index (χ1n) is 7.23. The number of esters is 1. The summed E-state index contributed by atoms with van der Waals surface area (Å²) in [6.07, 6.45) is 0. The molecule has 1 fully saturated rings. The zero-order valence-corrected chi connectivity index (χ0v) is 12.8. The van der Waals surface area contributed by atoms with Crippen LogP contribution in [0.25, 0.3) is 0 Å². The van der Waals surface area contributed by atoms with Crippen molar-refractivity contribution < 1.29 is 13.9 Å². The number of hydrogen-bond donors (Lipinski definition) is 0. The maximum absolute atomic E-state index is 11.4. The fraction of sp³-hybridized carbons (Fsp3) is 0.667. The molecule has 0 bridgehead atoms. The van der Waals surface area contributed by atoms with Gasteiger partial charge in [0.2, 0.25) is 5.76 Å². The summed E-state index contributed by atoms with van der Waals surface area (Å²) in [6, 6.07) is 4.28. The van der Waals surface area contributed by atoms with Crippen LogP contribution in [0.5, 0.6) is 0 Å². The van der Waals surface area contributed by atoms with Crippen molar-refractivity contribution in [1.82, 2.24) is 9.80 Å². The topological polar surface area (TPSA) is 45.9 Å². The van der Waals surface area contributed by atoms with E-state index in [0.717, 1.165) is 31.9 Å². The van der Waals surface area contributed by atoms with Gasteiger partial charge in [0.1, 0.15) is 5.76 Å². The number of hydrogen-bond acceptors (Lipinski definition) is 5. The molecular formula is C15H24N2O3. The first-order chi connectivity index (χ1) is 9.56. The minimum atomic E-state index is -0.423. The quantitative estimate of drug-likeness (QED) is 0.791. The molecule has 0 amide bonds. The highest BCUT2D eigenvalue weighted by atomic mass is 16.5. The summed E-state index contributed by atoms with van der Waals surface area (Å²) in [5.74, 6) is 0.671. The Morgan fingerprint density at radius 2 is 2.25 bits per heavy atom. The highest BCUT2D eigenvalue weighted by Gasteiger charge is 2.28. The zero-order chi connectivity index (χ0) is 14.7. The number of likely N-dealkylation sites (N-methyl/N-ethyl adjacent to an activating group) is 1. The lowest BCUT2D eigenvalue weighted by Gasteiger charge is -2.41. The molecule has 2 unspecified atom stereocenters. The van der Waals surface area contributed by atoms with Crippen LogP contribution in [0.15, 0.2) is 16.5 Å². The van der Waals surface area contributed by atoms with E-state index in [9.17, 15) is 4.79 Å². The van der Waals surface area contributed by atoms with E-state index in [2.05, 4.69) is 35.3 Å². The first-order valence-corrected chi connectivity index (χ1v) is 7.23. The fourth-order valence-corrected chi connectivity index (χ4v) is 2.81. The third kappa shape index (κ3) is 3.04. The van der Waals surface area contributed by atoms with Gasteiger partial charge in [0.05, 0.1) is 13.2 Å². The molecule has 0 saturated carbocycles. The lowest BCUT2D eigenvalue weighted by Crippen LogP contribution is -2.52. The van der Waals surface area contributed by atoms with Crippen molar-refractivity contribution in [3.63, 3.8) is 0 Å². The molecule has 112 valence electrons. The fourth-order valence-electron chi connectivity index (χ4n) is 2.81. The lowest BCUT2D eigenvalue weighted by molar-refractivity contribution is 0.0509. The third-order valence-electron chi connectivity index (χ3n) is 4.18. The SMILES string of the molecule is CCN1CCN(C(C)c2ccc(C(=O)OC)o2)CC1C. The summed E-state index contributed by atoms with van der Waals surface area (Å²) in [5, 5.41) is 0. The number of furan rings is 1. The van der Waals surface area contributed by atoms with Gasteiger partial charge in [0.15, 0.2) is 0 Å². The number of methoxy groups -OCH3 is 1. The van der Waals surface area contributed by atoms with Gasteiger partial charge in [-0.3, -0.25) is 9.80 Å². The second kappa shape index (κ2) is 6.41. The van der Waals surface area contributed by atoms with Gasteiger partial charge in [-0.15, -0.1) is 0 Å². The number of piperazine rings is 1. The molecule has 1 aromatic rings. The lowest BCUT2D eigenvalue weighted by atomic mass is 10.1. The summed E-state index contributed by atoms with van der Waals surface area (Å²) in [7, 11) is 1.36. The van der Waals surface area contributed by atoms with E-state index in [4.69, 9.17) is 4.42 Å². The summed E-state index contributed by atoms with van der Waals surface area (Å²) in [6.45, 7) is 10.8. The standard InChI is InChI=1S/C15H24N2O3/c1-5-16-8-9-17(10-11(16)2)12(3)13-6-7-14(20-13)15(18)19-4/h6-7,11-12H,5,8-10H2,1-4H3. The van der Waals surface area contributed by atoms with E-state index in [0.29, 0.717) is 6.04 Å². The number of ether oxygens (including phenoxy) is 1. The average molecular weight is 280 g/mol. The molecule has 2 rings (SSSR count). The van der Waals surface area contributed by atoms with Crippen LogP contribution in [-0.2, 0) is 4.74 Å². The monoisotopic (exact) mass is 280 g/mol. The Labute approximate surface area is 120 Å². The summed E-state index contributed by atoms with van der Waals surface area (Å²) < 4.78 is 10.3. The van der Waals surface area contributed by atoms with Crippen LogP contribution >= 0.6 is 0 Å². The Morgan fingerprint density at radius 3 is 2.85 bits per heavy atom. The molecule has 1 aromatic heterocycles. The van der Waals surface area contributed by atoms with Crippen LogP contribution in [0, 0.1) is 0 Å². The minimum absolute atomic E-state index is 0.176. The van der Waals surface area contributed by atoms with Crippen LogP contribution in [0.2, 0.25) is 0 Å². The van der Waals surface area contributed by atoms with Gasteiger partial charge in [-0.2, -0.15) is 0 Å². The molecule has 0 aliphatic carbocycles. The van der Waals surface area contributed by atoms with Crippen molar-refractivity contribution in [2.75, 3.05) is 33.3 Å². The van der Waals surface area contributed by atoms with Gasteiger partial charge in [-0.25, -0.2) is 4.79 Å². The predicted octanol–water partition coefficient (Wildman–Crippen LogP) is 2.15. The second-order valence-corrected chi connectivity index (χ2v) is 5.34. The first kappa shape index (κ1) is 15.1. The number of carbonyl (C=O) groups excluding carboxylic acids is 1. The molecular weight excluding hydrogens is 256 g/mol. The summed E-state index contributed by atoms with van der Waals surface area (Å²) >= 11 is 0. The highest BCUT2D eigenvalue weighted by molar-refractivity contribution is 5.86. The van der Waals surface area contributed by atoms with Crippen molar-refractivity contribution in [3.05, 3.63) is 23.7 Å². The van der Waals surface area contributed by atoms with Crippen LogP contribution < -0.4 is 0 Å². The normalized spacial score (nSPS) is 22.7. The molecule has 0 N–H and O–H groups in total. The maximum Gasteiger partial charge on any atom is 0.373 e. The van der Waals surface area contributed by atoms with Gasteiger partial charge in [-0.1, -0.05) is 6.92 Å². The van der Waals surface area contributed by atoms with Crippen molar-refractivity contribution in [2.45, 2.75) is 32.9 Å². The number of carbonyl (C=O) groups is 1. The van der Waals surface area contributed by atoms with Gasteiger partial charge in [0, 0.05) is 25.7 Å². The van der Waals surface area contributed by atoms with E-state index >= 15 is 0 Å². The van der Waals surface area contributed by atoms with Crippen LogP contribution in [0.1, 0.15) is 43.1 Å². The molecule has 0 aromatic carbocycles. The average Bonchev–Trinajstić information content (AvgIpc) is 2.95. The molecule has 20 heavy (non-hydrogen) atoms. The van der Waals surface area contributed by atoms with E-state index in [1.165, 1.54) is 7.11 Å². The summed E-state index contributed by atoms with van der Waals surface area (Å²) in [4.78, 5) is 16.3. The van der Waals surface area contributed by atoms with Crippen LogP contribution in [0.4, 0.5) is 0 Å². The zero-order valence-electron chi connectivity index (χ0n) is 12.8. The number of nitrogens with zero attached hydrogens (tertiary/aromatic N) is 2. The van der Waals surface area contributed by atoms with Gasteiger partial charge < -0.3 is 9.15 Å². The van der Waals surface area contributed by atoms with E-state index in [-0.39, 0.29) is 11.8 Å². The third-order valence-corrected chi connectivity index (χ3v) is 4.18. The molecule has 5 nitrogen and oxygen atoms in total.